The third kappa shape index (κ3) is 2.29. The Morgan fingerprint density at radius 3 is 2.33 bits per heavy atom. The summed E-state index contributed by atoms with van der Waals surface area (Å²) in [5, 5.41) is 9.58. The van der Waals surface area contributed by atoms with Crippen molar-refractivity contribution in [2.45, 2.75) is 48.2 Å². The summed E-state index contributed by atoms with van der Waals surface area (Å²) >= 11 is 6.62. The van der Waals surface area contributed by atoms with Crippen molar-refractivity contribution in [2.24, 2.45) is 5.41 Å². The van der Waals surface area contributed by atoms with Crippen molar-refractivity contribution in [3.63, 3.8) is 0 Å². The number of sulfone groups is 1. The van der Waals surface area contributed by atoms with Crippen molar-refractivity contribution in [1.82, 2.24) is 0 Å². The standard InChI is InChI=1S/C15H15Br2NO2S/c16-11-3-4-12(17)13(7-11)21(19,20)15(10-18)8-14(9-15)5-1-2-6-14/h3-4,7H,1-2,5-6,8-9H2. The molecule has 0 saturated heterocycles. The SMILES string of the molecule is N#CC1(S(=O)(=O)c2cc(Br)ccc2Br)CC2(CCCC2)C1. The molecule has 112 valence electrons. The van der Waals surface area contributed by atoms with E-state index >= 15 is 0 Å². The fraction of sp³-hybridized carbons (Fsp3) is 0.533. The average molecular weight is 433 g/mol. The van der Waals surface area contributed by atoms with Gasteiger partial charge in [0, 0.05) is 8.95 Å². The maximum Gasteiger partial charge on any atom is 0.198 e. The summed E-state index contributed by atoms with van der Waals surface area (Å²) in [7, 11) is -3.67. The van der Waals surface area contributed by atoms with Gasteiger partial charge in [-0.15, -0.1) is 0 Å². The van der Waals surface area contributed by atoms with Crippen LogP contribution in [0.5, 0.6) is 0 Å². The lowest BCUT2D eigenvalue weighted by atomic mass is 9.61. The molecule has 2 fully saturated rings. The van der Waals surface area contributed by atoms with Gasteiger partial charge in [0.1, 0.15) is 0 Å². The van der Waals surface area contributed by atoms with Gasteiger partial charge >= 0.3 is 0 Å². The van der Waals surface area contributed by atoms with E-state index in [1.807, 2.05) is 0 Å². The highest BCUT2D eigenvalue weighted by molar-refractivity contribution is 9.11. The summed E-state index contributed by atoms with van der Waals surface area (Å²) < 4.78 is 26.0. The number of hydrogen-bond donors (Lipinski definition) is 0. The molecule has 1 aromatic carbocycles. The molecule has 2 saturated carbocycles. The van der Waals surface area contributed by atoms with Crippen LogP contribution in [0.15, 0.2) is 32.0 Å². The van der Waals surface area contributed by atoms with Crippen LogP contribution in [-0.2, 0) is 9.84 Å². The molecule has 0 N–H and O–H groups in total. The van der Waals surface area contributed by atoms with Crippen LogP contribution in [0.4, 0.5) is 0 Å². The Hall–Kier alpha value is -0.380. The Labute approximate surface area is 141 Å². The van der Waals surface area contributed by atoms with Gasteiger partial charge in [0.25, 0.3) is 0 Å². The molecule has 2 aliphatic carbocycles. The molecule has 6 heteroatoms. The zero-order valence-corrected chi connectivity index (χ0v) is 15.4. The Morgan fingerprint density at radius 1 is 1.14 bits per heavy atom. The van der Waals surface area contributed by atoms with E-state index in [2.05, 4.69) is 37.9 Å². The molecular formula is C15H15Br2NO2S. The summed E-state index contributed by atoms with van der Waals surface area (Å²) in [6.07, 6.45) is 5.40. The highest BCUT2D eigenvalue weighted by Crippen LogP contribution is 2.61. The van der Waals surface area contributed by atoms with Crippen molar-refractivity contribution >= 4 is 41.7 Å². The first-order valence-corrected chi connectivity index (χ1v) is 10.0. The topological polar surface area (TPSA) is 57.9 Å². The third-order valence-corrected chi connectivity index (χ3v) is 8.66. The molecule has 2 aliphatic rings. The molecule has 3 nitrogen and oxygen atoms in total. The molecule has 0 bridgehead atoms. The van der Waals surface area contributed by atoms with Gasteiger partial charge in [-0.25, -0.2) is 8.42 Å². The molecule has 0 aliphatic heterocycles. The zero-order valence-electron chi connectivity index (χ0n) is 11.4. The van der Waals surface area contributed by atoms with Gasteiger partial charge in [0.2, 0.25) is 0 Å². The van der Waals surface area contributed by atoms with Crippen LogP contribution in [0.2, 0.25) is 0 Å². The summed E-state index contributed by atoms with van der Waals surface area (Å²) in [4.78, 5) is 0.214. The van der Waals surface area contributed by atoms with Gasteiger partial charge in [-0.05, 0) is 65.2 Å². The van der Waals surface area contributed by atoms with E-state index in [0.717, 1.165) is 25.7 Å². The molecule has 0 amide bonds. The summed E-state index contributed by atoms with van der Waals surface area (Å²) in [6.45, 7) is 0. The molecule has 1 spiro atoms. The lowest BCUT2D eigenvalue weighted by Crippen LogP contribution is -2.54. The zero-order chi connectivity index (χ0) is 15.3. The number of rotatable bonds is 2. The number of benzene rings is 1. The summed E-state index contributed by atoms with van der Waals surface area (Å²) in [5.41, 5.74) is 0.0985. The Bertz CT molecular complexity index is 723. The lowest BCUT2D eigenvalue weighted by molar-refractivity contribution is 0.113. The maximum atomic E-state index is 13.0. The lowest BCUT2D eigenvalue weighted by Gasteiger charge is -2.50. The van der Waals surface area contributed by atoms with Crippen molar-refractivity contribution < 1.29 is 8.42 Å². The summed E-state index contributed by atoms with van der Waals surface area (Å²) in [6, 6.07) is 7.19. The molecule has 1 aromatic rings. The molecule has 0 radical (unpaired) electrons. The normalized spacial score (nSPS) is 22.7. The van der Waals surface area contributed by atoms with Crippen LogP contribution in [0.1, 0.15) is 38.5 Å². The van der Waals surface area contributed by atoms with Crippen LogP contribution < -0.4 is 0 Å². The molecular weight excluding hydrogens is 418 g/mol. The minimum Gasteiger partial charge on any atom is -0.222 e. The Balaban J connectivity index is 2.02. The fourth-order valence-electron chi connectivity index (χ4n) is 3.86. The van der Waals surface area contributed by atoms with E-state index in [-0.39, 0.29) is 10.3 Å². The van der Waals surface area contributed by atoms with Crippen LogP contribution >= 0.6 is 31.9 Å². The summed E-state index contributed by atoms with van der Waals surface area (Å²) in [5.74, 6) is 0. The van der Waals surface area contributed by atoms with Crippen molar-refractivity contribution in [2.75, 3.05) is 0 Å². The number of halogens is 2. The van der Waals surface area contributed by atoms with Crippen LogP contribution in [0.25, 0.3) is 0 Å². The molecule has 0 heterocycles. The van der Waals surface area contributed by atoms with E-state index in [1.165, 1.54) is 0 Å². The largest absolute Gasteiger partial charge is 0.222 e. The van der Waals surface area contributed by atoms with Gasteiger partial charge in [0.15, 0.2) is 14.6 Å². The second-order valence-corrected chi connectivity index (χ2v) is 10.2. The first-order chi connectivity index (χ1) is 9.84. The van der Waals surface area contributed by atoms with E-state index in [1.54, 1.807) is 18.2 Å². The average Bonchev–Trinajstić information content (AvgIpc) is 2.88. The first kappa shape index (κ1) is 15.5. The predicted molar refractivity (Wildman–Crippen MR) is 87.5 cm³/mol. The Kier molecular flexibility index (Phi) is 3.75. The molecule has 0 atom stereocenters. The van der Waals surface area contributed by atoms with E-state index in [0.29, 0.717) is 21.8 Å². The molecule has 0 unspecified atom stereocenters. The van der Waals surface area contributed by atoms with Crippen molar-refractivity contribution in [3.05, 3.63) is 27.1 Å². The van der Waals surface area contributed by atoms with Crippen LogP contribution in [-0.4, -0.2) is 13.2 Å². The third-order valence-electron chi connectivity index (χ3n) is 4.89. The fourth-order valence-corrected chi connectivity index (χ4v) is 7.40. The maximum absolute atomic E-state index is 13.0. The van der Waals surface area contributed by atoms with Gasteiger partial charge < -0.3 is 0 Å². The monoisotopic (exact) mass is 431 g/mol. The molecule has 3 rings (SSSR count). The second-order valence-electron chi connectivity index (χ2n) is 6.24. The van der Waals surface area contributed by atoms with Gasteiger partial charge in [-0.2, -0.15) is 5.26 Å². The molecule has 21 heavy (non-hydrogen) atoms. The minimum atomic E-state index is -3.67. The van der Waals surface area contributed by atoms with Gasteiger partial charge in [-0.1, -0.05) is 28.8 Å². The van der Waals surface area contributed by atoms with E-state index in [4.69, 9.17) is 0 Å². The predicted octanol–water partition coefficient (Wildman–Crippen LogP) is 4.60. The van der Waals surface area contributed by atoms with E-state index < -0.39 is 14.6 Å². The van der Waals surface area contributed by atoms with Crippen LogP contribution in [0.3, 0.4) is 0 Å². The highest BCUT2D eigenvalue weighted by atomic mass is 79.9. The van der Waals surface area contributed by atoms with Crippen molar-refractivity contribution in [1.29, 1.82) is 5.26 Å². The number of nitriles is 1. The second kappa shape index (κ2) is 5.07. The minimum absolute atomic E-state index is 0.0985. The first-order valence-electron chi connectivity index (χ1n) is 6.95. The van der Waals surface area contributed by atoms with Gasteiger partial charge in [-0.3, -0.25) is 0 Å². The number of nitrogens with zero attached hydrogens (tertiary/aromatic N) is 1. The smallest absolute Gasteiger partial charge is 0.198 e. The van der Waals surface area contributed by atoms with Gasteiger partial charge in [0.05, 0.1) is 11.0 Å². The van der Waals surface area contributed by atoms with Crippen molar-refractivity contribution in [3.8, 4) is 6.07 Å². The quantitative estimate of drug-likeness (QED) is 0.685. The molecule has 0 aromatic heterocycles. The highest BCUT2D eigenvalue weighted by Gasteiger charge is 2.63. The Morgan fingerprint density at radius 2 is 1.76 bits per heavy atom. The van der Waals surface area contributed by atoms with Crippen LogP contribution in [0, 0.1) is 16.7 Å². The number of hydrogen-bond acceptors (Lipinski definition) is 3. The van der Waals surface area contributed by atoms with E-state index in [9.17, 15) is 13.7 Å².